The summed E-state index contributed by atoms with van der Waals surface area (Å²) >= 11 is 0. The molecule has 4 aliphatic rings. The Balaban J connectivity index is 1.59. The maximum atomic E-state index is 13.0. The maximum absolute atomic E-state index is 13.0. The van der Waals surface area contributed by atoms with Crippen LogP contribution >= 0.6 is 0 Å². The van der Waals surface area contributed by atoms with E-state index in [1.807, 2.05) is 6.92 Å². The van der Waals surface area contributed by atoms with Gasteiger partial charge >= 0.3 is 5.97 Å². The van der Waals surface area contributed by atoms with E-state index in [9.17, 15) is 17.8 Å². The highest BCUT2D eigenvalue weighted by atomic mass is 32.2. The smallest absolute Gasteiger partial charge is 0.338 e. The van der Waals surface area contributed by atoms with Crippen molar-refractivity contribution in [3.8, 4) is 0 Å². The quantitative estimate of drug-likeness (QED) is 0.588. The van der Waals surface area contributed by atoms with E-state index in [1.165, 1.54) is 12.1 Å². The average molecular weight is 394 g/mol. The molecule has 0 spiro atoms. The van der Waals surface area contributed by atoms with Crippen LogP contribution in [0.15, 0.2) is 23.1 Å². The van der Waals surface area contributed by atoms with E-state index in [2.05, 4.69) is 0 Å². The molecule has 5 rings (SSSR count). The highest BCUT2D eigenvalue weighted by molar-refractivity contribution is 7.85. The van der Waals surface area contributed by atoms with E-state index in [0.717, 1.165) is 44.1 Å². The monoisotopic (exact) mass is 393 g/mol. The standard InChI is InChI=1S/C20H27NO5S/c1-2-3-13-4-5-16(27(23,24)25)8-17(13)19(22)26-18-14-6-12-7-15(18)11-20(21,9-12)10-14/h4-5,8,12,14-15,18H,2-3,6-7,9-11,21H2,1H3,(H,23,24,25). The molecule has 0 amide bonds. The van der Waals surface area contributed by atoms with Crippen molar-refractivity contribution in [1.82, 2.24) is 0 Å². The molecule has 2 atom stereocenters. The van der Waals surface area contributed by atoms with Gasteiger partial charge in [-0.3, -0.25) is 4.55 Å². The molecule has 0 aromatic heterocycles. The van der Waals surface area contributed by atoms with Gasteiger partial charge in [0.15, 0.2) is 0 Å². The fraction of sp³-hybridized carbons (Fsp3) is 0.650. The second-order valence-electron chi connectivity index (χ2n) is 8.75. The normalized spacial score (nSPS) is 34.6. The minimum Gasteiger partial charge on any atom is -0.458 e. The second kappa shape index (κ2) is 6.57. The van der Waals surface area contributed by atoms with Gasteiger partial charge in [-0.15, -0.1) is 0 Å². The van der Waals surface area contributed by atoms with Crippen molar-refractivity contribution in [3.63, 3.8) is 0 Å². The van der Waals surface area contributed by atoms with Crippen LogP contribution in [0.4, 0.5) is 0 Å². The van der Waals surface area contributed by atoms with Crippen molar-refractivity contribution >= 4 is 16.1 Å². The lowest BCUT2D eigenvalue weighted by molar-refractivity contribution is -0.109. The first-order valence-electron chi connectivity index (χ1n) is 9.79. The first-order valence-corrected chi connectivity index (χ1v) is 11.2. The van der Waals surface area contributed by atoms with Gasteiger partial charge in [0.1, 0.15) is 6.10 Å². The summed E-state index contributed by atoms with van der Waals surface area (Å²) in [5.41, 5.74) is 7.41. The van der Waals surface area contributed by atoms with Crippen LogP contribution in [-0.2, 0) is 21.3 Å². The SMILES string of the molecule is CCCc1ccc(S(=O)(=O)O)cc1C(=O)OC1C2CC3CC1CC(N)(C3)C2. The van der Waals surface area contributed by atoms with E-state index in [0.29, 0.717) is 24.2 Å². The second-order valence-corrected chi connectivity index (χ2v) is 10.2. The van der Waals surface area contributed by atoms with Gasteiger partial charge in [0.25, 0.3) is 10.1 Å². The Hall–Kier alpha value is -1.44. The molecule has 4 aliphatic carbocycles. The Morgan fingerprint density at radius 3 is 2.48 bits per heavy atom. The van der Waals surface area contributed by atoms with E-state index < -0.39 is 16.1 Å². The fourth-order valence-electron chi connectivity index (χ4n) is 5.81. The lowest BCUT2D eigenvalue weighted by Crippen LogP contribution is -2.61. The molecule has 0 saturated heterocycles. The van der Waals surface area contributed by atoms with E-state index in [4.69, 9.17) is 10.5 Å². The summed E-state index contributed by atoms with van der Waals surface area (Å²) in [7, 11) is -4.37. The topological polar surface area (TPSA) is 107 Å². The molecule has 6 nitrogen and oxygen atoms in total. The number of esters is 1. The molecular formula is C20H27NO5S. The summed E-state index contributed by atoms with van der Waals surface area (Å²) in [6.07, 6.45) is 6.29. The molecule has 0 heterocycles. The van der Waals surface area contributed by atoms with Crippen molar-refractivity contribution in [2.24, 2.45) is 23.5 Å². The molecule has 0 aliphatic heterocycles. The number of ether oxygens (including phenoxy) is 1. The summed E-state index contributed by atoms with van der Waals surface area (Å²) in [6, 6.07) is 4.16. The first kappa shape index (κ1) is 18.9. The van der Waals surface area contributed by atoms with Gasteiger partial charge in [0, 0.05) is 5.54 Å². The molecule has 27 heavy (non-hydrogen) atoms. The number of benzene rings is 1. The molecule has 1 aromatic carbocycles. The van der Waals surface area contributed by atoms with Gasteiger partial charge in [0.05, 0.1) is 10.5 Å². The van der Waals surface area contributed by atoms with Gasteiger partial charge in [-0.1, -0.05) is 19.4 Å². The molecule has 2 unspecified atom stereocenters. The molecule has 4 bridgehead atoms. The molecule has 3 N–H and O–H groups in total. The van der Waals surface area contributed by atoms with E-state index in [-0.39, 0.29) is 22.1 Å². The summed E-state index contributed by atoms with van der Waals surface area (Å²) in [6.45, 7) is 1.99. The largest absolute Gasteiger partial charge is 0.458 e. The van der Waals surface area contributed by atoms with Crippen LogP contribution in [0.1, 0.15) is 61.4 Å². The Kier molecular flexibility index (Phi) is 4.60. The number of rotatable bonds is 5. The third-order valence-corrected chi connectivity index (χ3v) is 7.45. The number of carbonyl (C=O) groups excluding carboxylic acids is 1. The fourth-order valence-corrected chi connectivity index (χ4v) is 6.32. The third-order valence-electron chi connectivity index (χ3n) is 6.60. The highest BCUT2D eigenvalue weighted by Gasteiger charge is 2.55. The van der Waals surface area contributed by atoms with Crippen LogP contribution in [0.2, 0.25) is 0 Å². The van der Waals surface area contributed by atoms with Gasteiger partial charge in [0.2, 0.25) is 0 Å². The van der Waals surface area contributed by atoms with Crippen LogP contribution in [-0.4, -0.2) is 30.6 Å². The summed E-state index contributed by atoms with van der Waals surface area (Å²) < 4.78 is 38.3. The third kappa shape index (κ3) is 3.52. The van der Waals surface area contributed by atoms with E-state index in [1.54, 1.807) is 6.07 Å². The maximum Gasteiger partial charge on any atom is 0.338 e. The van der Waals surface area contributed by atoms with Crippen LogP contribution in [0.3, 0.4) is 0 Å². The number of aryl methyl sites for hydroxylation is 1. The number of nitrogens with two attached hydrogens (primary N) is 1. The zero-order valence-electron chi connectivity index (χ0n) is 15.6. The lowest BCUT2D eigenvalue weighted by atomic mass is 9.52. The first-order chi connectivity index (χ1) is 12.7. The van der Waals surface area contributed by atoms with Gasteiger partial charge in [-0.05, 0) is 74.0 Å². The van der Waals surface area contributed by atoms with E-state index >= 15 is 0 Å². The van der Waals surface area contributed by atoms with Crippen molar-refractivity contribution < 1.29 is 22.5 Å². The predicted molar refractivity (Wildman–Crippen MR) is 99.9 cm³/mol. The van der Waals surface area contributed by atoms with Gasteiger partial charge in [-0.2, -0.15) is 8.42 Å². The molecular weight excluding hydrogens is 366 g/mol. The summed E-state index contributed by atoms with van der Waals surface area (Å²) in [5, 5.41) is 0. The van der Waals surface area contributed by atoms with Crippen molar-refractivity contribution in [3.05, 3.63) is 29.3 Å². The Morgan fingerprint density at radius 1 is 1.26 bits per heavy atom. The Bertz CT molecular complexity index is 849. The lowest BCUT2D eigenvalue weighted by Gasteiger charge is -2.58. The van der Waals surface area contributed by atoms with Gasteiger partial charge in [-0.25, -0.2) is 4.79 Å². The molecule has 4 fully saturated rings. The number of hydrogen-bond acceptors (Lipinski definition) is 5. The number of hydrogen-bond donors (Lipinski definition) is 2. The zero-order valence-corrected chi connectivity index (χ0v) is 16.4. The average Bonchev–Trinajstić information content (AvgIpc) is 2.56. The molecule has 0 radical (unpaired) electrons. The number of carbonyl (C=O) groups is 1. The summed E-state index contributed by atoms with van der Waals surface area (Å²) in [5.74, 6) is 0.739. The van der Waals surface area contributed by atoms with Crippen LogP contribution in [0.25, 0.3) is 0 Å². The zero-order chi connectivity index (χ0) is 19.4. The Morgan fingerprint density at radius 2 is 1.93 bits per heavy atom. The minimum atomic E-state index is -4.37. The predicted octanol–water partition coefficient (Wildman–Crippen LogP) is 2.95. The highest BCUT2D eigenvalue weighted by Crippen LogP contribution is 2.55. The molecule has 7 heteroatoms. The van der Waals surface area contributed by atoms with Crippen LogP contribution in [0.5, 0.6) is 0 Å². The Labute approximate surface area is 160 Å². The minimum absolute atomic E-state index is 0.0995. The van der Waals surface area contributed by atoms with Crippen LogP contribution in [0, 0.1) is 17.8 Å². The molecule has 1 aromatic rings. The summed E-state index contributed by atoms with van der Waals surface area (Å²) in [4.78, 5) is 12.7. The van der Waals surface area contributed by atoms with Gasteiger partial charge < -0.3 is 10.5 Å². The van der Waals surface area contributed by atoms with Crippen molar-refractivity contribution in [2.75, 3.05) is 0 Å². The van der Waals surface area contributed by atoms with Crippen LogP contribution < -0.4 is 5.73 Å². The van der Waals surface area contributed by atoms with Crippen molar-refractivity contribution in [2.45, 2.75) is 68.4 Å². The van der Waals surface area contributed by atoms with Crippen molar-refractivity contribution in [1.29, 1.82) is 0 Å². The molecule has 148 valence electrons. The molecule has 4 saturated carbocycles.